The quantitative estimate of drug-likeness (QED) is 0.762. The number of aromatic nitrogens is 1. The summed E-state index contributed by atoms with van der Waals surface area (Å²) < 4.78 is 18.1. The van der Waals surface area contributed by atoms with Gasteiger partial charge < -0.3 is 0 Å². The zero-order valence-corrected chi connectivity index (χ0v) is 8.84. The van der Waals surface area contributed by atoms with Crippen molar-refractivity contribution >= 4 is 22.6 Å². The Labute approximate surface area is 85.2 Å². The van der Waals surface area contributed by atoms with Gasteiger partial charge in [0, 0.05) is 6.20 Å². The molecular formula is C9H11N3OS. The lowest BCUT2D eigenvalue weighted by molar-refractivity contribution is 0.686. The number of pyridine rings is 1. The van der Waals surface area contributed by atoms with E-state index < -0.39 is 11.2 Å². The van der Waals surface area contributed by atoms with E-state index in [4.69, 9.17) is 0 Å². The first-order valence-electron chi connectivity index (χ1n) is 4.41. The van der Waals surface area contributed by atoms with E-state index >= 15 is 0 Å². The van der Waals surface area contributed by atoms with E-state index in [9.17, 15) is 4.21 Å². The van der Waals surface area contributed by atoms with Crippen molar-refractivity contribution in [1.29, 1.82) is 0 Å². The lowest BCUT2D eigenvalue weighted by Crippen LogP contribution is -2.21. The zero-order valence-electron chi connectivity index (χ0n) is 8.02. The van der Waals surface area contributed by atoms with Crippen molar-refractivity contribution in [1.82, 2.24) is 4.98 Å². The molecule has 1 aliphatic rings. The van der Waals surface area contributed by atoms with Crippen LogP contribution in [-0.2, 0) is 11.2 Å². The van der Waals surface area contributed by atoms with Crippen LogP contribution < -0.4 is 4.72 Å². The van der Waals surface area contributed by atoms with Crippen LogP contribution in [0.5, 0.6) is 0 Å². The summed E-state index contributed by atoms with van der Waals surface area (Å²) in [6, 6.07) is 3.67. The first kappa shape index (κ1) is 9.33. The summed E-state index contributed by atoms with van der Waals surface area (Å²) in [5, 5.41) is 0. The molecule has 0 spiro atoms. The van der Waals surface area contributed by atoms with Crippen molar-refractivity contribution in [3.63, 3.8) is 0 Å². The summed E-state index contributed by atoms with van der Waals surface area (Å²) in [4.78, 5) is 4.23. The molecule has 1 aromatic rings. The van der Waals surface area contributed by atoms with Crippen LogP contribution in [0.4, 0.5) is 5.69 Å². The molecule has 74 valence electrons. The number of anilines is 1. The highest BCUT2D eigenvalue weighted by Gasteiger charge is 2.20. The molecule has 1 aromatic heterocycles. The third-order valence-corrected chi connectivity index (χ3v) is 2.73. The molecule has 1 N–H and O–H groups in total. The highest BCUT2D eigenvalue weighted by atomic mass is 32.2. The van der Waals surface area contributed by atoms with E-state index in [2.05, 4.69) is 14.1 Å². The smallest absolute Gasteiger partial charge is 0.243 e. The van der Waals surface area contributed by atoms with Crippen LogP contribution in [0, 0.1) is 5.92 Å². The summed E-state index contributed by atoms with van der Waals surface area (Å²) in [7, 11) is 0. The lowest BCUT2D eigenvalue weighted by Gasteiger charge is -2.17. The Kier molecular flexibility index (Phi) is 2.33. The van der Waals surface area contributed by atoms with E-state index in [0.717, 1.165) is 17.1 Å². The zero-order chi connectivity index (χ0) is 10.1. The van der Waals surface area contributed by atoms with Crippen molar-refractivity contribution in [2.24, 2.45) is 10.3 Å². The fraction of sp³-hybridized carbons (Fsp3) is 0.333. The predicted molar refractivity (Wildman–Crippen MR) is 57.4 cm³/mol. The van der Waals surface area contributed by atoms with Crippen LogP contribution in [0.3, 0.4) is 0 Å². The van der Waals surface area contributed by atoms with Gasteiger partial charge in [-0.3, -0.25) is 9.71 Å². The summed E-state index contributed by atoms with van der Waals surface area (Å²) in [5.41, 5.74) is 2.41. The second-order valence-corrected chi connectivity index (χ2v) is 4.27. The van der Waals surface area contributed by atoms with Crippen molar-refractivity contribution in [2.75, 3.05) is 4.72 Å². The molecule has 0 aromatic carbocycles. The van der Waals surface area contributed by atoms with Gasteiger partial charge in [-0.05, 0) is 18.1 Å². The number of hydrogen-bond acceptors (Lipinski definition) is 2. The third-order valence-electron chi connectivity index (χ3n) is 1.98. The molecule has 14 heavy (non-hydrogen) atoms. The molecule has 1 unspecified atom stereocenters. The average molecular weight is 209 g/mol. The molecule has 2 heterocycles. The van der Waals surface area contributed by atoms with Gasteiger partial charge in [0.15, 0.2) is 0 Å². The van der Waals surface area contributed by atoms with Crippen LogP contribution in [0.25, 0.3) is 0 Å². The molecular weight excluding hydrogens is 198 g/mol. The molecule has 0 saturated carbocycles. The number of nitrogens with one attached hydrogen (secondary N) is 1. The van der Waals surface area contributed by atoms with Crippen molar-refractivity contribution in [3.05, 3.63) is 24.0 Å². The van der Waals surface area contributed by atoms with Gasteiger partial charge >= 0.3 is 0 Å². The minimum Gasteiger partial charge on any atom is -0.284 e. The predicted octanol–water partition coefficient (Wildman–Crippen LogP) is 1.53. The second-order valence-electron chi connectivity index (χ2n) is 3.38. The molecule has 1 atom stereocenters. The Morgan fingerprint density at radius 3 is 3.00 bits per heavy atom. The Balaban J connectivity index is 2.55. The minimum absolute atomic E-state index is 0.231. The Bertz CT molecular complexity index is 414. The maximum Gasteiger partial charge on any atom is 0.243 e. The summed E-state index contributed by atoms with van der Waals surface area (Å²) >= 11 is -1.35. The Hall–Kier alpha value is -1.23. The monoisotopic (exact) mass is 209 g/mol. The van der Waals surface area contributed by atoms with E-state index in [-0.39, 0.29) is 5.92 Å². The Morgan fingerprint density at radius 1 is 1.50 bits per heavy atom. The first-order valence-corrected chi connectivity index (χ1v) is 5.51. The van der Waals surface area contributed by atoms with Gasteiger partial charge in [-0.15, -0.1) is 0 Å². The normalized spacial score (nSPS) is 19.9. The molecule has 0 bridgehead atoms. The van der Waals surface area contributed by atoms with Crippen LogP contribution in [-0.4, -0.2) is 14.9 Å². The molecule has 4 nitrogen and oxygen atoms in total. The molecule has 2 rings (SSSR count). The van der Waals surface area contributed by atoms with E-state index in [1.807, 2.05) is 26.0 Å². The van der Waals surface area contributed by atoms with Crippen LogP contribution in [0.15, 0.2) is 22.7 Å². The fourth-order valence-corrected chi connectivity index (χ4v) is 2.19. The molecule has 0 aliphatic carbocycles. The van der Waals surface area contributed by atoms with Crippen LogP contribution in [0.2, 0.25) is 0 Å². The van der Waals surface area contributed by atoms with Gasteiger partial charge in [0.2, 0.25) is 11.2 Å². The highest BCUT2D eigenvalue weighted by molar-refractivity contribution is 7.85. The molecule has 0 saturated heterocycles. The highest BCUT2D eigenvalue weighted by Crippen LogP contribution is 2.22. The minimum atomic E-state index is -1.35. The van der Waals surface area contributed by atoms with Gasteiger partial charge in [0.25, 0.3) is 0 Å². The summed E-state index contributed by atoms with van der Waals surface area (Å²) in [6.07, 6.45) is 1.71. The maximum absolute atomic E-state index is 11.3. The topological polar surface area (TPSA) is 54.4 Å². The molecule has 0 radical (unpaired) electrons. The SMILES string of the molecule is CC(C)C1=NS(=O)Nc2cccnc21. The van der Waals surface area contributed by atoms with E-state index in [1.54, 1.807) is 6.20 Å². The number of hydrogen-bond donors (Lipinski definition) is 1. The Morgan fingerprint density at radius 2 is 2.29 bits per heavy atom. The molecule has 5 heteroatoms. The molecule has 1 aliphatic heterocycles. The molecule has 0 fully saturated rings. The standard InChI is InChI=1S/C9H11N3OS/c1-6(2)8-9-7(4-3-5-10-9)11-14(13)12-8/h3-6,11H,1-2H3. The van der Waals surface area contributed by atoms with Gasteiger partial charge in [-0.25, -0.2) is 4.21 Å². The van der Waals surface area contributed by atoms with Crippen LogP contribution in [0.1, 0.15) is 19.5 Å². The summed E-state index contributed by atoms with van der Waals surface area (Å²) in [6.45, 7) is 4.03. The van der Waals surface area contributed by atoms with Gasteiger partial charge in [0.1, 0.15) is 5.69 Å². The number of nitrogens with zero attached hydrogens (tertiary/aromatic N) is 2. The largest absolute Gasteiger partial charge is 0.284 e. The van der Waals surface area contributed by atoms with Crippen molar-refractivity contribution < 1.29 is 4.21 Å². The lowest BCUT2D eigenvalue weighted by atomic mass is 10.0. The van der Waals surface area contributed by atoms with E-state index in [1.165, 1.54) is 0 Å². The van der Waals surface area contributed by atoms with Gasteiger partial charge in [-0.2, -0.15) is 4.40 Å². The molecule has 0 amide bonds. The first-order chi connectivity index (χ1) is 6.68. The van der Waals surface area contributed by atoms with Crippen LogP contribution >= 0.6 is 0 Å². The van der Waals surface area contributed by atoms with Gasteiger partial charge in [-0.1, -0.05) is 13.8 Å². The maximum atomic E-state index is 11.3. The van der Waals surface area contributed by atoms with Gasteiger partial charge in [0.05, 0.1) is 11.4 Å². The third kappa shape index (κ3) is 1.55. The second kappa shape index (κ2) is 3.49. The summed E-state index contributed by atoms with van der Waals surface area (Å²) in [5.74, 6) is 0.231. The van der Waals surface area contributed by atoms with Crippen molar-refractivity contribution in [2.45, 2.75) is 13.8 Å². The number of fused-ring (bicyclic) bond motifs is 1. The van der Waals surface area contributed by atoms with Crippen molar-refractivity contribution in [3.8, 4) is 0 Å². The van der Waals surface area contributed by atoms with E-state index in [0.29, 0.717) is 0 Å². The average Bonchev–Trinajstić information content (AvgIpc) is 2.16. The fourth-order valence-electron chi connectivity index (χ4n) is 1.32. The number of rotatable bonds is 1.